The molecule has 0 amide bonds. The second-order valence-electron chi connectivity index (χ2n) is 6.88. The number of hydrogen-bond donors (Lipinski definition) is 1. The lowest BCUT2D eigenvalue weighted by atomic mass is 9.98. The second-order valence-corrected chi connectivity index (χ2v) is 6.88. The van der Waals surface area contributed by atoms with E-state index in [2.05, 4.69) is 23.5 Å². The highest BCUT2D eigenvalue weighted by molar-refractivity contribution is 5.37. The molecule has 4 rings (SSSR count). The van der Waals surface area contributed by atoms with Crippen molar-refractivity contribution >= 4 is 0 Å². The van der Waals surface area contributed by atoms with Crippen molar-refractivity contribution in [1.29, 1.82) is 0 Å². The van der Waals surface area contributed by atoms with Gasteiger partial charge in [-0.2, -0.15) is 0 Å². The minimum Gasteiger partial charge on any atom is -0.488 e. The van der Waals surface area contributed by atoms with Gasteiger partial charge in [-0.05, 0) is 37.3 Å². The minimum atomic E-state index is 0.256. The average molecular weight is 287 g/mol. The van der Waals surface area contributed by atoms with Gasteiger partial charge in [-0.1, -0.05) is 31.0 Å². The fourth-order valence-corrected chi connectivity index (χ4v) is 4.20. The number of nitrogens with one attached hydrogen (secondary N) is 1. The minimum absolute atomic E-state index is 0.256. The Balaban J connectivity index is 1.21. The zero-order valence-corrected chi connectivity index (χ0v) is 12.6. The number of hydrogen-bond acceptors (Lipinski definition) is 3. The molecule has 1 saturated carbocycles. The molecule has 1 aliphatic carbocycles. The standard InChI is InChI=1S/C18H25NO2/c1-2-6-17-14(5-1)11-16(20-17)13-19-12-15-7-10-18(21-15)8-3-4-9-18/h1-2,5-6,15-16,19H,3-4,7-13H2. The summed E-state index contributed by atoms with van der Waals surface area (Å²) in [5, 5.41) is 3.56. The Labute approximate surface area is 127 Å². The normalized spacial score (nSPS) is 29.7. The highest BCUT2D eigenvalue weighted by Gasteiger charge is 2.41. The zero-order chi connectivity index (χ0) is 14.1. The number of fused-ring (bicyclic) bond motifs is 1. The van der Waals surface area contributed by atoms with Gasteiger partial charge in [0.1, 0.15) is 11.9 Å². The molecule has 3 heteroatoms. The molecule has 2 unspecified atom stereocenters. The third-order valence-electron chi connectivity index (χ3n) is 5.31. The van der Waals surface area contributed by atoms with Gasteiger partial charge >= 0.3 is 0 Å². The maximum absolute atomic E-state index is 6.33. The summed E-state index contributed by atoms with van der Waals surface area (Å²) in [6.45, 7) is 1.89. The molecule has 1 aromatic carbocycles. The van der Waals surface area contributed by atoms with E-state index in [1.54, 1.807) is 0 Å². The van der Waals surface area contributed by atoms with Gasteiger partial charge in [-0.3, -0.25) is 0 Å². The number of para-hydroxylation sites is 1. The van der Waals surface area contributed by atoms with Crippen molar-refractivity contribution in [2.24, 2.45) is 0 Å². The smallest absolute Gasteiger partial charge is 0.123 e. The molecule has 1 N–H and O–H groups in total. The summed E-state index contributed by atoms with van der Waals surface area (Å²) in [5.41, 5.74) is 1.60. The van der Waals surface area contributed by atoms with Crippen molar-refractivity contribution in [3.05, 3.63) is 29.8 Å². The second kappa shape index (κ2) is 5.62. The molecule has 3 nitrogen and oxygen atoms in total. The van der Waals surface area contributed by atoms with Crippen LogP contribution in [0.3, 0.4) is 0 Å². The first kappa shape index (κ1) is 13.6. The fourth-order valence-electron chi connectivity index (χ4n) is 4.20. The molecule has 21 heavy (non-hydrogen) atoms. The fraction of sp³-hybridized carbons (Fsp3) is 0.667. The maximum Gasteiger partial charge on any atom is 0.123 e. The summed E-state index contributed by atoms with van der Waals surface area (Å²) in [5.74, 6) is 1.06. The highest BCUT2D eigenvalue weighted by atomic mass is 16.5. The van der Waals surface area contributed by atoms with Crippen molar-refractivity contribution in [2.45, 2.75) is 62.8 Å². The van der Waals surface area contributed by atoms with Crippen molar-refractivity contribution < 1.29 is 9.47 Å². The lowest BCUT2D eigenvalue weighted by Crippen LogP contribution is -2.36. The predicted molar refractivity (Wildman–Crippen MR) is 82.7 cm³/mol. The number of benzene rings is 1. The van der Waals surface area contributed by atoms with E-state index in [0.29, 0.717) is 6.10 Å². The molecule has 0 bridgehead atoms. The Hall–Kier alpha value is -1.06. The first-order valence-electron chi connectivity index (χ1n) is 8.46. The van der Waals surface area contributed by atoms with Crippen LogP contribution < -0.4 is 10.1 Å². The Morgan fingerprint density at radius 3 is 2.71 bits per heavy atom. The van der Waals surface area contributed by atoms with Crippen LogP contribution in [-0.2, 0) is 11.2 Å². The van der Waals surface area contributed by atoms with Gasteiger partial charge < -0.3 is 14.8 Å². The first-order valence-corrected chi connectivity index (χ1v) is 8.46. The Morgan fingerprint density at radius 1 is 1.05 bits per heavy atom. The van der Waals surface area contributed by atoms with Crippen molar-refractivity contribution in [3.8, 4) is 5.75 Å². The number of rotatable bonds is 4. The molecule has 2 fully saturated rings. The zero-order valence-electron chi connectivity index (χ0n) is 12.6. The van der Waals surface area contributed by atoms with E-state index in [-0.39, 0.29) is 11.7 Å². The van der Waals surface area contributed by atoms with Crippen LogP contribution in [0.2, 0.25) is 0 Å². The first-order chi connectivity index (χ1) is 10.3. The third kappa shape index (κ3) is 2.82. The highest BCUT2D eigenvalue weighted by Crippen LogP contribution is 2.43. The van der Waals surface area contributed by atoms with Crippen molar-refractivity contribution in [1.82, 2.24) is 5.32 Å². The van der Waals surface area contributed by atoms with Crippen molar-refractivity contribution in [3.63, 3.8) is 0 Å². The molecule has 0 radical (unpaired) electrons. The quantitative estimate of drug-likeness (QED) is 0.923. The van der Waals surface area contributed by atoms with Crippen LogP contribution >= 0.6 is 0 Å². The van der Waals surface area contributed by atoms with E-state index >= 15 is 0 Å². The van der Waals surface area contributed by atoms with Gasteiger partial charge in [-0.15, -0.1) is 0 Å². The SMILES string of the molecule is c1ccc2c(c1)CC(CNCC1CCC3(CCCC3)O1)O2. The van der Waals surface area contributed by atoms with Crippen LogP contribution in [-0.4, -0.2) is 30.9 Å². The van der Waals surface area contributed by atoms with E-state index < -0.39 is 0 Å². The molecule has 1 saturated heterocycles. The van der Waals surface area contributed by atoms with E-state index in [9.17, 15) is 0 Å². The van der Waals surface area contributed by atoms with Crippen molar-refractivity contribution in [2.75, 3.05) is 13.1 Å². The predicted octanol–water partition coefficient (Wildman–Crippen LogP) is 3.07. The lowest BCUT2D eigenvalue weighted by molar-refractivity contribution is -0.0354. The van der Waals surface area contributed by atoms with Gasteiger partial charge in [-0.25, -0.2) is 0 Å². The van der Waals surface area contributed by atoms with Crippen LogP contribution in [0.4, 0.5) is 0 Å². The average Bonchev–Trinajstić information content (AvgIpc) is 3.20. The molecule has 1 aromatic rings. The molecule has 1 spiro atoms. The van der Waals surface area contributed by atoms with Crippen LogP contribution in [0.1, 0.15) is 44.1 Å². The molecule has 0 aromatic heterocycles. The molecule has 2 heterocycles. The molecular weight excluding hydrogens is 262 g/mol. The summed E-state index contributed by atoms with van der Waals surface area (Å²) in [7, 11) is 0. The van der Waals surface area contributed by atoms with E-state index in [4.69, 9.17) is 9.47 Å². The lowest BCUT2D eigenvalue weighted by Gasteiger charge is -2.24. The Kier molecular flexibility index (Phi) is 3.64. The Bertz CT molecular complexity index is 471. The van der Waals surface area contributed by atoms with E-state index in [0.717, 1.165) is 25.3 Å². The monoisotopic (exact) mass is 287 g/mol. The largest absolute Gasteiger partial charge is 0.488 e. The summed E-state index contributed by atoms with van der Waals surface area (Å²) in [6, 6.07) is 8.37. The summed E-state index contributed by atoms with van der Waals surface area (Å²) in [4.78, 5) is 0. The van der Waals surface area contributed by atoms with Crippen LogP contribution in [0.15, 0.2) is 24.3 Å². The molecule has 114 valence electrons. The van der Waals surface area contributed by atoms with E-state index in [1.807, 2.05) is 6.07 Å². The van der Waals surface area contributed by atoms with Gasteiger partial charge in [0, 0.05) is 19.5 Å². The van der Waals surface area contributed by atoms with E-state index in [1.165, 1.54) is 44.1 Å². The molecular formula is C18H25NO2. The molecule has 2 aliphatic heterocycles. The van der Waals surface area contributed by atoms with Gasteiger partial charge in [0.15, 0.2) is 0 Å². The van der Waals surface area contributed by atoms with Crippen LogP contribution in [0.25, 0.3) is 0 Å². The topological polar surface area (TPSA) is 30.5 Å². The summed E-state index contributed by atoms with van der Waals surface area (Å²) >= 11 is 0. The van der Waals surface area contributed by atoms with Gasteiger partial charge in [0.05, 0.1) is 11.7 Å². The number of ether oxygens (including phenoxy) is 2. The summed E-state index contributed by atoms with van der Waals surface area (Å²) < 4.78 is 12.3. The van der Waals surface area contributed by atoms with Crippen LogP contribution in [0.5, 0.6) is 5.75 Å². The van der Waals surface area contributed by atoms with Gasteiger partial charge in [0.2, 0.25) is 0 Å². The molecule has 2 atom stereocenters. The Morgan fingerprint density at radius 2 is 1.86 bits per heavy atom. The molecule has 3 aliphatic rings. The van der Waals surface area contributed by atoms with Crippen LogP contribution in [0, 0.1) is 0 Å². The third-order valence-corrected chi connectivity index (χ3v) is 5.31. The maximum atomic E-state index is 6.33. The van der Waals surface area contributed by atoms with Gasteiger partial charge in [0.25, 0.3) is 0 Å². The summed E-state index contributed by atoms with van der Waals surface area (Å²) in [6.07, 6.45) is 9.48.